The smallest absolute Gasteiger partial charge is 0.147 e. The van der Waals surface area contributed by atoms with Gasteiger partial charge in [0.2, 0.25) is 0 Å². The number of aromatic nitrogens is 1. The molecule has 3 aromatic carbocycles. The number of hydrogen-bond acceptors (Lipinski definition) is 5. The van der Waals surface area contributed by atoms with Gasteiger partial charge >= 0.3 is 0 Å². The van der Waals surface area contributed by atoms with E-state index in [1.54, 1.807) is 0 Å². The lowest BCUT2D eigenvalue weighted by Crippen LogP contribution is -2.36. The first-order chi connectivity index (χ1) is 15.7. The van der Waals surface area contributed by atoms with Crippen LogP contribution < -0.4 is 10.6 Å². The Balaban J connectivity index is 1.66. The van der Waals surface area contributed by atoms with Crippen LogP contribution in [-0.2, 0) is 11.3 Å². The van der Waals surface area contributed by atoms with E-state index in [-0.39, 0.29) is 6.61 Å². The third-order valence-electron chi connectivity index (χ3n) is 6.21. The van der Waals surface area contributed by atoms with Crippen molar-refractivity contribution in [3.63, 3.8) is 0 Å². The molecule has 4 aromatic rings. The van der Waals surface area contributed by atoms with E-state index in [4.69, 9.17) is 10.5 Å². The van der Waals surface area contributed by atoms with Crippen LogP contribution in [0.1, 0.15) is 11.1 Å². The zero-order valence-corrected chi connectivity index (χ0v) is 18.2. The number of hydrogen-bond donors (Lipinski definition) is 2. The van der Waals surface area contributed by atoms with Gasteiger partial charge in [0, 0.05) is 18.5 Å². The Bertz CT molecular complexity index is 1280. The predicted molar refractivity (Wildman–Crippen MR) is 131 cm³/mol. The Kier molecular flexibility index (Phi) is 5.52. The number of aliphatic hydroxyl groups is 1. The van der Waals surface area contributed by atoms with E-state index in [1.165, 1.54) is 11.1 Å². The van der Waals surface area contributed by atoms with Crippen LogP contribution in [0, 0.1) is 6.92 Å². The second-order valence-electron chi connectivity index (χ2n) is 8.21. The molecule has 0 aliphatic carbocycles. The first-order valence-corrected chi connectivity index (χ1v) is 11.0. The molecule has 0 atom stereocenters. The number of nitrogens with two attached hydrogens (primary N) is 1. The van der Waals surface area contributed by atoms with Crippen molar-refractivity contribution in [3.8, 4) is 22.3 Å². The Labute approximate surface area is 188 Å². The summed E-state index contributed by atoms with van der Waals surface area (Å²) in [4.78, 5) is 6.92. The molecule has 1 aliphatic rings. The molecule has 1 saturated heterocycles. The minimum Gasteiger partial charge on any atom is -0.392 e. The van der Waals surface area contributed by atoms with Crippen molar-refractivity contribution in [1.29, 1.82) is 0 Å². The number of aliphatic hydroxyl groups excluding tert-OH is 1. The third kappa shape index (κ3) is 3.70. The number of nitrogens with zero attached hydrogens (tertiary/aromatic N) is 2. The maximum absolute atomic E-state index is 9.90. The monoisotopic (exact) mass is 425 g/mol. The summed E-state index contributed by atoms with van der Waals surface area (Å²) < 4.78 is 5.49. The standard InChI is InChI=1S/C27H27N3O2/c1-18-5-4-8-23(22-7-3-2-6-20(22)17-31)26(18)19-9-10-24-21(15-19)16-25(27(28)29-24)30-11-13-32-14-12-30/h2-10,15-16,31H,11-14,17H2,1H3,(H2,28,29). The Morgan fingerprint density at radius 2 is 1.75 bits per heavy atom. The predicted octanol–water partition coefficient (Wildman–Crippen LogP) is 4.79. The molecule has 162 valence electrons. The first-order valence-electron chi connectivity index (χ1n) is 11.0. The number of rotatable bonds is 4. The van der Waals surface area contributed by atoms with Crippen molar-refractivity contribution < 1.29 is 9.84 Å². The minimum absolute atomic E-state index is 0.00732. The largest absolute Gasteiger partial charge is 0.392 e. The SMILES string of the molecule is Cc1cccc(-c2ccccc2CO)c1-c1ccc2nc(N)c(N3CCOCC3)cc2c1. The first kappa shape index (κ1) is 20.5. The van der Waals surface area contributed by atoms with Crippen molar-refractivity contribution in [2.45, 2.75) is 13.5 Å². The zero-order valence-electron chi connectivity index (χ0n) is 18.2. The quantitative estimate of drug-likeness (QED) is 0.492. The fourth-order valence-corrected chi connectivity index (χ4v) is 4.59. The lowest BCUT2D eigenvalue weighted by molar-refractivity contribution is 0.123. The second kappa shape index (κ2) is 8.61. The molecule has 1 fully saturated rings. The van der Waals surface area contributed by atoms with Gasteiger partial charge < -0.3 is 20.5 Å². The van der Waals surface area contributed by atoms with Gasteiger partial charge in [-0.05, 0) is 58.5 Å². The number of aryl methyl sites for hydroxylation is 1. The highest BCUT2D eigenvalue weighted by molar-refractivity contribution is 5.94. The van der Waals surface area contributed by atoms with E-state index in [0.717, 1.165) is 51.9 Å². The van der Waals surface area contributed by atoms with Gasteiger partial charge in [-0.25, -0.2) is 4.98 Å². The van der Waals surface area contributed by atoms with Gasteiger partial charge in [-0.1, -0.05) is 48.5 Å². The van der Waals surface area contributed by atoms with Crippen molar-refractivity contribution >= 4 is 22.4 Å². The summed E-state index contributed by atoms with van der Waals surface area (Å²) in [6.45, 7) is 5.18. The fraction of sp³-hybridized carbons (Fsp3) is 0.222. The molecule has 5 nitrogen and oxygen atoms in total. The molecule has 1 aromatic heterocycles. The lowest BCUT2D eigenvalue weighted by atomic mass is 9.88. The number of nitrogen functional groups attached to an aromatic ring is 1. The molecule has 5 heteroatoms. The van der Waals surface area contributed by atoms with E-state index in [2.05, 4.69) is 59.3 Å². The van der Waals surface area contributed by atoms with Crippen LogP contribution in [0.2, 0.25) is 0 Å². The molecule has 0 saturated carbocycles. The average molecular weight is 426 g/mol. The van der Waals surface area contributed by atoms with Crippen LogP contribution in [0.4, 0.5) is 11.5 Å². The van der Waals surface area contributed by atoms with Crippen LogP contribution in [0.25, 0.3) is 33.2 Å². The Morgan fingerprint density at radius 1 is 0.969 bits per heavy atom. The molecule has 1 aliphatic heterocycles. The van der Waals surface area contributed by atoms with Gasteiger partial charge in [0.15, 0.2) is 0 Å². The van der Waals surface area contributed by atoms with Crippen molar-refractivity contribution in [2.24, 2.45) is 0 Å². The van der Waals surface area contributed by atoms with E-state index in [1.807, 2.05) is 24.3 Å². The highest BCUT2D eigenvalue weighted by Crippen LogP contribution is 2.38. The molecule has 0 radical (unpaired) electrons. The number of fused-ring (bicyclic) bond motifs is 1. The summed E-state index contributed by atoms with van der Waals surface area (Å²) >= 11 is 0. The summed E-state index contributed by atoms with van der Waals surface area (Å²) in [6, 6.07) is 22.8. The average Bonchev–Trinajstić information content (AvgIpc) is 2.84. The normalized spacial score (nSPS) is 14.1. The molecular formula is C27H27N3O2. The van der Waals surface area contributed by atoms with E-state index < -0.39 is 0 Å². The summed E-state index contributed by atoms with van der Waals surface area (Å²) in [5, 5.41) is 11.0. The van der Waals surface area contributed by atoms with Crippen LogP contribution in [0.5, 0.6) is 0 Å². The molecule has 0 spiro atoms. The molecule has 0 unspecified atom stereocenters. The van der Waals surface area contributed by atoms with Gasteiger partial charge in [0.05, 0.1) is 31.0 Å². The van der Waals surface area contributed by atoms with Crippen LogP contribution >= 0.6 is 0 Å². The lowest BCUT2D eigenvalue weighted by Gasteiger charge is -2.29. The van der Waals surface area contributed by atoms with Crippen molar-refractivity contribution in [3.05, 3.63) is 77.9 Å². The number of benzene rings is 3. The maximum atomic E-state index is 9.90. The summed E-state index contributed by atoms with van der Waals surface area (Å²) in [6.07, 6.45) is 0. The second-order valence-corrected chi connectivity index (χ2v) is 8.21. The molecule has 32 heavy (non-hydrogen) atoms. The van der Waals surface area contributed by atoms with E-state index in [9.17, 15) is 5.11 Å². The molecule has 0 bridgehead atoms. The third-order valence-corrected chi connectivity index (χ3v) is 6.21. The van der Waals surface area contributed by atoms with Crippen LogP contribution in [0.15, 0.2) is 66.7 Å². The molecule has 2 heterocycles. The minimum atomic E-state index is 0.00732. The number of pyridine rings is 1. The molecule has 3 N–H and O–H groups in total. The number of ether oxygens (including phenoxy) is 1. The van der Waals surface area contributed by atoms with Gasteiger partial charge in [0.1, 0.15) is 5.82 Å². The summed E-state index contributed by atoms with van der Waals surface area (Å²) in [7, 11) is 0. The van der Waals surface area contributed by atoms with Crippen LogP contribution in [-0.4, -0.2) is 36.4 Å². The highest BCUT2D eigenvalue weighted by atomic mass is 16.5. The topological polar surface area (TPSA) is 71.6 Å². The number of morpholine rings is 1. The molecule has 0 amide bonds. The maximum Gasteiger partial charge on any atom is 0.147 e. The number of anilines is 2. The molecule has 5 rings (SSSR count). The van der Waals surface area contributed by atoms with Gasteiger partial charge in [-0.15, -0.1) is 0 Å². The van der Waals surface area contributed by atoms with Crippen molar-refractivity contribution in [2.75, 3.05) is 36.9 Å². The van der Waals surface area contributed by atoms with Gasteiger partial charge in [-0.2, -0.15) is 0 Å². The Morgan fingerprint density at radius 3 is 2.56 bits per heavy atom. The van der Waals surface area contributed by atoms with Gasteiger partial charge in [0.25, 0.3) is 0 Å². The summed E-state index contributed by atoms with van der Waals surface area (Å²) in [5.41, 5.74) is 14.7. The fourth-order valence-electron chi connectivity index (χ4n) is 4.59. The van der Waals surface area contributed by atoms with E-state index in [0.29, 0.717) is 19.0 Å². The van der Waals surface area contributed by atoms with Gasteiger partial charge in [-0.3, -0.25) is 0 Å². The molecular weight excluding hydrogens is 398 g/mol. The Hall–Kier alpha value is -3.41. The zero-order chi connectivity index (χ0) is 22.1. The van der Waals surface area contributed by atoms with E-state index >= 15 is 0 Å². The summed E-state index contributed by atoms with van der Waals surface area (Å²) in [5.74, 6) is 0.556. The van der Waals surface area contributed by atoms with Crippen molar-refractivity contribution in [1.82, 2.24) is 4.98 Å². The van der Waals surface area contributed by atoms with Crippen LogP contribution in [0.3, 0.4) is 0 Å². The highest BCUT2D eigenvalue weighted by Gasteiger charge is 2.17.